The Bertz CT molecular complexity index is 1470. The molecule has 0 aromatic carbocycles. The van der Waals surface area contributed by atoms with Gasteiger partial charge in [-0.25, -0.2) is 14.5 Å². The van der Waals surface area contributed by atoms with Crippen LogP contribution in [0.5, 0.6) is 0 Å². The Morgan fingerprint density at radius 2 is 2.00 bits per heavy atom. The molecule has 212 valence electrons. The van der Waals surface area contributed by atoms with Crippen LogP contribution in [0.15, 0.2) is 48.1 Å². The number of aromatic nitrogens is 4. The third kappa shape index (κ3) is 5.68. The number of pyridine rings is 1. The number of alkyl halides is 3. The van der Waals surface area contributed by atoms with Crippen LogP contribution in [0, 0.1) is 0 Å². The second-order valence-electron chi connectivity index (χ2n) is 9.89. The van der Waals surface area contributed by atoms with Crippen LogP contribution in [-0.4, -0.2) is 74.8 Å². The molecule has 1 unspecified atom stereocenters. The maximum Gasteiger partial charge on any atom is 0.408 e. The number of thiophene rings is 1. The Morgan fingerprint density at radius 1 is 1.20 bits per heavy atom. The summed E-state index contributed by atoms with van der Waals surface area (Å²) in [6.45, 7) is 8.46. The summed E-state index contributed by atoms with van der Waals surface area (Å²) in [5.41, 5.74) is 2.38. The molecule has 0 bridgehead atoms. The second-order valence-corrected chi connectivity index (χ2v) is 10.8. The van der Waals surface area contributed by atoms with E-state index in [1.807, 2.05) is 30.5 Å². The van der Waals surface area contributed by atoms with Crippen molar-refractivity contribution in [2.45, 2.75) is 51.9 Å². The average Bonchev–Trinajstić information content (AvgIpc) is 3.72. The van der Waals surface area contributed by atoms with Crippen LogP contribution in [0.3, 0.4) is 0 Å². The van der Waals surface area contributed by atoms with E-state index in [4.69, 9.17) is 4.98 Å². The normalized spacial score (nSPS) is 16.7. The maximum absolute atomic E-state index is 13.9. The van der Waals surface area contributed by atoms with E-state index < -0.39 is 12.2 Å². The molecule has 1 aliphatic heterocycles. The van der Waals surface area contributed by atoms with E-state index in [-0.39, 0.29) is 36.3 Å². The van der Waals surface area contributed by atoms with Gasteiger partial charge in [0, 0.05) is 30.9 Å². The largest absolute Gasteiger partial charge is 0.408 e. The minimum absolute atomic E-state index is 0.0131. The molecule has 0 spiro atoms. The maximum atomic E-state index is 13.9. The molecule has 5 heterocycles. The lowest BCUT2D eigenvalue weighted by atomic mass is 10.1. The SMILES string of the molecule is CCN(CC)[C@@H](C)CNC(=O)c1cc(-c2cnn3ccc(-c4cccs4)nc23)nc(N2CCCC2C(F)(F)F)c1. The summed E-state index contributed by atoms with van der Waals surface area (Å²) in [5, 5.41) is 9.31. The first kappa shape index (κ1) is 28.0. The minimum Gasteiger partial charge on any atom is -0.350 e. The highest BCUT2D eigenvalue weighted by Crippen LogP contribution is 2.37. The molecule has 2 atom stereocenters. The van der Waals surface area contributed by atoms with Crippen molar-refractivity contribution in [3.05, 3.63) is 53.7 Å². The van der Waals surface area contributed by atoms with Crippen LogP contribution < -0.4 is 10.2 Å². The monoisotopic (exact) mass is 571 g/mol. The smallest absolute Gasteiger partial charge is 0.350 e. The van der Waals surface area contributed by atoms with Gasteiger partial charge in [-0.05, 0) is 62.5 Å². The van der Waals surface area contributed by atoms with Crippen molar-refractivity contribution in [1.29, 1.82) is 0 Å². The van der Waals surface area contributed by atoms with Crippen molar-refractivity contribution in [3.8, 4) is 21.8 Å². The first-order valence-electron chi connectivity index (χ1n) is 13.5. The molecule has 12 heteroatoms. The highest BCUT2D eigenvalue weighted by molar-refractivity contribution is 7.13. The fourth-order valence-corrected chi connectivity index (χ4v) is 5.94. The van der Waals surface area contributed by atoms with Gasteiger partial charge >= 0.3 is 6.18 Å². The standard InChI is InChI=1S/C28H32F3N7OS/c1-4-36(5-2)18(3)16-32-27(39)19-14-22(34-25(15-19)37-11-6-9-24(37)28(29,30)31)20-17-33-38-12-10-21(35-26(20)38)23-8-7-13-40-23/h7-8,10,12-15,17-18,24H,4-6,9,11,16H2,1-3H3,(H,32,39)/t18-,24?/m0/s1. The van der Waals surface area contributed by atoms with Crippen molar-refractivity contribution in [1.82, 2.24) is 29.8 Å². The topological polar surface area (TPSA) is 78.7 Å². The van der Waals surface area contributed by atoms with E-state index >= 15 is 0 Å². The average molecular weight is 572 g/mol. The zero-order chi connectivity index (χ0) is 28.4. The van der Waals surface area contributed by atoms with E-state index in [1.165, 1.54) is 11.0 Å². The Hall–Kier alpha value is -3.51. The summed E-state index contributed by atoms with van der Waals surface area (Å²) in [4.78, 5) is 27.2. The molecule has 5 rings (SSSR count). The highest BCUT2D eigenvalue weighted by Gasteiger charge is 2.46. The summed E-state index contributed by atoms with van der Waals surface area (Å²) in [6, 6.07) is 7.27. The van der Waals surface area contributed by atoms with Crippen LogP contribution in [0.1, 0.15) is 44.0 Å². The number of anilines is 1. The fraction of sp³-hybridized carbons (Fsp3) is 0.429. The number of carbonyl (C=O) groups excluding carboxylic acids is 1. The van der Waals surface area contributed by atoms with E-state index in [9.17, 15) is 18.0 Å². The molecule has 1 N–H and O–H groups in total. The van der Waals surface area contributed by atoms with Gasteiger partial charge in [-0.2, -0.15) is 18.3 Å². The van der Waals surface area contributed by atoms with Gasteiger partial charge in [-0.3, -0.25) is 9.69 Å². The predicted molar refractivity (Wildman–Crippen MR) is 151 cm³/mol. The zero-order valence-electron chi connectivity index (χ0n) is 22.6. The number of fused-ring (bicyclic) bond motifs is 1. The molecule has 1 saturated heterocycles. The van der Waals surface area contributed by atoms with Gasteiger partial charge in [0.1, 0.15) is 11.9 Å². The number of likely N-dealkylation sites (N-methyl/N-ethyl adjacent to an activating group) is 1. The zero-order valence-corrected chi connectivity index (χ0v) is 23.5. The van der Waals surface area contributed by atoms with Crippen LogP contribution in [-0.2, 0) is 0 Å². The van der Waals surface area contributed by atoms with Crippen molar-refractivity contribution in [2.75, 3.05) is 31.1 Å². The number of nitrogens with one attached hydrogen (secondary N) is 1. The first-order valence-corrected chi connectivity index (χ1v) is 14.3. The molecule has 0 saturated carbocycles. The van der Waals surface area contributed by atoms with E-state index in [0.29, 0.717) is 29.9 Å². The molecule has 1 aliphatic rings. The molecule has 1 fully saturated rings. The van der Waals surface area contributed by atoms with Crippen molar-refractivity contribution in [2.24, 2.45) is 0 Å². The van der Waals surface area contributed by atoms with E-state index in [2.05, 4.69) is 34.1 Å². The van der Waals surface area contributed by atoms with Crippen LogP contribution in [0.2, 0.25) is 0 Å². The summed E-state index contributed by atoms with van der Waals surface area (Å²) in [7, 11) is 0. The first-order chi connectivity index (χ1) is 19.2. The number of amides is 1. The molecular weight excluding hydrogens is 539 g/mol. The molecule has 4 aromatic rings. The fourth-order valence-electron chi connectivity index (χ4n) is 5.24. The van der Waals surface area contributed by atoms with Crippen LogP contribution >= 0.6 is 11.3 Å². The van der Waals surface area contributed by atoms with Gasteiger partial charge in [0.2, 0.25) is 0 Å². The third-order valence-corrected chi connectivity index (χ3v) is 8.30. The molecule has 0 radical (unpaired) electrons. The number of hydrogen-bond acceptors (Lipinski definition) is 7. The minimum atomic E-state index is -4.41. The lowest BCUT2D eigenvalue weighted by molar-refractivity contribution is -0.146. The number of nitrogens with zero attached hydrogens (tertiary/aromatic N) is 6. The summed E-state index contributed by atoms with van der Waals surface area (Å²) < 4.78 is 43.3. The summed E-state index contributed by atoms with van der Waals surface area (Å²) >= 11 is 1.55. The van der Waals surface area contributed by atoms with Crippen LogP contribution in [0.25, 0.3) is 27.5 Å². The number of rotatable bonds is 9. The molecule has 40 heavy (non-hydrogen) atoms. The lowest BCUT2D eigenvalue weighted by Crippen LogP contribution is -2.42. The van der Waals surface area contributed by atoms with Gasteiger partial charge in [-0.1, -0.05) is 19.9 Å². The molecular formula is C28H32F3N7OS. The molecule has 1 amide bonds. The van der Waals surface area contributed by atoms with Crippen molar-refractivity contribution < 1.29 is 18.0 Å². The Morgan fingerprint density at radius 3 is 2.70 bits per heavy atom. The third-order valence-electron chi connectivity index (χ3n) is 7.41. The predicted octanol–water partition coefficient (Wildman–Crippen LogP) is 5.51. The Balaban J connectivity index is 1.55. The van der Waals surface area contributed by atoms with Gasteiger partial charge < -0.3 is 10.2 Å². The van der Waals surface area contributed by atoms with E-state index in [1.54, 1.807) is 34.3 Å². The van der Waals surface area contributed by atoms with Crippen molar-refractivity contribution in [3.63, 3.8) is 0 Å². The summed E-state index contributed by atoms with van der Waals surface area (Å²) in [5.74, 6) is -0.247. The molecule has 0 aliphatic carbocycles. The highest BCUT2D eigenvalue weighted by atomic mass is 32.1. The number of halogens is 3. The lowest BCUT2D eigenvalue weighted by Gasteiger charge is -2.28. The summed E-state index contributed by atoms with van der Waals surface area (Å²) in [6.07, 6.45) is -0.658. The van der Waals surface area contributed by atoms with Crippen LogP contribution in [0.4, 0.5) is 19.0 Å². The quantitative estimate of drug-likeness (QED) is 0.286. The van der Waals surface area contributed by atoms with Crippen molar-refractivity contribution >= 4 is 28.7 Å². The van der Waals surface area contributed by atoms with E-state index in [0.717, 1.165) is 23.7 Å². The number of carbonyl (C=O) groups is 1. The van der Waals surface area contributed by atoms with Gasteiger partial charge in [0.05, 0.1) is 28.0 Å². The second kappa shape index (κ2) is 11.5. The van der Waals surface area contributed by atoms with Gasteiger partial charge in [-0.15, -0.1) is 11.3 Å². The number of hydrogen-bond donors (Lipinski definition) is 1. The Labute approximate surface area is 234 Å². The molecule has 8 nitrogen and oxygen atoms in total. The van der Waals surface area contributed by atoms with Gasteiger partial charge in [0.25, 0.3) is 5.91 Å². The Kier molecular flexibility index (Phi) is 8.09. The van der Waals surface area contributed by atoms with Gasteiger partial charge in [0.15, 0.2) is 5.65 Å². The molecule has 4 aromatic heterocycles.